The number of rotatable bonds is 0. The van der Waals surface area contributed by atoms with E-state index in [9.17, 15) is 0 Å². The molecule has 0 heterocycles. The van der Waals surface area contributed by atoms with Gasteiger partial charge in [0.25, 0.3) is 0 Å². The average molecular weight is 261 g/mol. The Labute approximate surface area is 64.5 Å². The van der Waals surface area contributed by atoms with Gasteiger partial charge in [-0.05, 0) is 0 Å². The molecule has 0 spiro atoms. The van der Waals surface area contributed by atoms with E-state index in [1.54, 1.807) is 0 Å². The van der Waals surface area contributed by atoms with E-state index in [-0.39, 0.29) is 36.5 Å². The second-order valence-electron chi connectivity index (χ2n) is 0.408. The van der Waals surface area contributed by atoms with Crippen LogP contribution in [0, 0.1) is 0 Å². The molecule has 0 saturated carbocycles. The molecule has 4 nitrogen and oxygen atoms in total. The zero-order valence-corrected chi connectivity index (χ0v) is 6.19. The third kappa shape index (κ3) is 172. The summed E-state index contributed by atoms with van der Waals surface area (Å²) in [6, 6.07) is 0. The van der Waals surface area contributed by atoms with Gasteiger partial charge in [0.15, 0.2) is 0 Å². The van der Waals surface area contributed by atoms with Gasteiger partial charge in [-0.15, -0.1) is 0 Å². The molecule has 0 rings (SSSR count). The van der Waals surface area contributed by atoms with Crippen LogP contribution in [0.25, 0.3) is 0 Å². The maximum absolute atomic E-state index is 8.52. The van der Waals surface area contributed by atoms with Gasteiger partial charge in [0.2, 0.25) is 0 Å². The van der Waals surface area contributed by atoms with Crippen LogP contribution in [-0.2, 0) is 46.9 Å². The van der Waals surface area contributed by atoms with Crippen molar-refractivity contribution in [3.05, 3.63) is 0 Å². The Balaban J connectivity index is -0.0000000800. The molecule has 0 bridgehead atoms. The smallest absolute Gasteiger partial charge is 0.759 e. The minimum absolute atomic E-state index is 0. The van der Waals surface area contributed by atoms with Gasteiger partial charge in [-0.1, -0.05) is 0 Å². The Morgan fingerprint density at radius 3 is 1.14 bits per heavy atom. The topological polar surface area (TPSA) is 80.3 Å². The van der Waals surface area contributed by atoms with Crippen molar-refractivity contribution in [3.63, 3.8) is 0 Å². The van der Waals surface area contributed by atoms with Crippen LogP contribution in [0.5, 0.6) is 0 Å². The molecule has 2 radical (unpaired) electrons. The first-order valence-electron chi connectivity index (χ1n) is 0.667. The van der Waals surface area contributed by atoms with Crippen molar-refractivity contribution in [2.24, 2.45) is 0 Å². The second-order valence-corrected chi connectivity index (χ2v) is 1.22. The summed E-state index contributed by atoms with van der Waals surface area (Å²) >= 11 is 0. The quantitative estimate of drug-likeness (QED) is 0.307. The Bertz CT molecular complexity index is 94.9. The van der Waals surface area contributed by atoms with Gasteiger partial charge in [0.1, 0.15) is 0 Å². The molecule has 0 aliphatic carbocycles. The fourth-order valence-electron chi connectivity index (χ4n) is 0. The molecular formula is CuO4RuS+3. The van der Waals surface area contributed by atoms with Crippen molar-refractivity contribution >= 4 is 10.4 Å². The van der Waals surface area contributed by atoms with Crippen molar-refractivity contribution in [1.82, 2.24) is 0 Å². The van der Waals surface area contributed by atoms with Crippen molar-refractivity contribution < 1.29 is 54.1 Å². The summed E-state index contributed by atoms with van der Waals surface area (Å²) in [6.45, 7) is 0. The molecule has 0 atom stereocenters. The molecule has 0 fully saturated rings. The molecule has 0 aromatic rings. The first-order valence-corrected chi connectivity index (χ1v) is 2.00. The zero-order chi connectivity index (χ0) is 4.50. The third-order valence-corrected chi connectivity index (χ3v) is 0. The van der Waals surface area contributed by atoms with Crippen LogP contribution in [0.15, 0.2) is 0 Å². The Hall–Kier alpha value is 1.01. The largest absolute Gasteiger partial charge is 3.00 e. The van der Waals surface area contributed by atoms with Gasteiger partial charge >= 0.3 is 36.5 Å². The van der Waals surface area contributed by atoms with Crippen molar-refractivity contribution in [1.29, 1.82) is 0 Å². The summed E-state index contributed by atoms with van der Waals surface area (Å²) < 4.78 is 34.1. The van der Waals surface area contributed by atoms with Crippen LogP contribution < -0.4 is 0 Å². The van der Waals surface area contributed by atoms with E-state index >= 15 is 0 Å². The summed E-state index contributed by atoms with van der Waals surface area (Å²) in [5.41, 5.74) is 0. The van der Waals surface area contributed by atoms with E-state index in [0.717, 1.165) is 0 Å². The van der Waals surface area contributed by atoms with Crippen molar-refractivity contribution in [2.45, 2.75) is 0 Å². The summed E-state index contributed by atoms with van der Waals surface area (Å²) in [5, 5.41) is 0. The molecule has 0 saturated heterocycles. The Kier molecular flexibility index (Phi) is 11.5. The van der Waals surface area contributed by atoms with Gasteiger partial charge in [0, 0.05) is 10.4 Å². The summed E-state index contributed by atoms with van der Waals surface area (Å²) in [7, 11) is -5.17. The third-order valence-electron chi connectivity index (χ3n) is 0. The first kappa shape index (κ1) is 15.7. The monoisotopic (exact) mass is 261 g/mol. The average Bonchev–Trinajstić information content (AvgIpc) is 0.722. The van der Waals surface area contributed by atoms with E-state index < -0.39 is 10.4 Å². The maximum Gasteiger partial charge on any atom is 3.00 e. The molecule has 46 valence electrons. The van der Waals surface area contributed by atoms with Gasteiger partial charge < -0.3 is 9.11 Å². The molecule has 0 aliphatic heterocycles. The number of hydrogen-bond donors (Lipinski definition) is 0. The first-order chi connectivity index (χ1) is 2.00. The summed E-state index contributed by atoms with van der Waals surface area (Å²) in [6.07, 6.45) is 0. The Morgan fingerprint density at radius 1 is 1.14 bits per heavy atom. The SMILES string of the molecule is O=S(=O)([O-])[O-].[Cu+2].[Ru+3]. The van der Waals surface area contributed by atoms with Crippen LogP contribution in [0.4, 0.5) is 0 Å². The van der Waals surface area contributed by atoms with Gasteiger partial charge in [-0.3, -0.25) is 8.42 Å². The summed E-state index contributed by atoms with van der Waals surface area (Å²) in [4.78, 5) is 0. The maximum atomic E-state index is 8.52. The predicted molar refractivity (Wildman–Crippen MR) is 10.5 cm³/mol. The van der Waals surface area contributed by atoms with Crippen LogP contribution in [0.1, 0.15) is 0 Å². The Morgan fingerprint density at radius 2 is 1.14 bits per heavy atom. The standard InChI is InChI=1S/Cu.H2O4S.Ru/c;1-5(2,3)4;/h;(H2,1,2,3,4);/q+2;;+3/p-2. The molecular weight excluding hydrogens is 261 g/mol. The molecule has 0 aliphatic rings. The van der Waals surface area contributed by atoms with Crippen LogP contribution in [0.3, 0.4) is 0 Å². The minimum atomic E-state index is -5.17. The molecule has 7 heavy (non-hydrogen) atoms. The van der Waals surface area contributed by atoms with Crippen molar-refractivity contribution in [3.8, 4) is 0 Å². The van der Waals surface area contributed by atoms with Crippen molar-refractivity contribution in [2.75, 3.05) is 0 Å². The van der Waals surface area contributed by atoms with Gasteiger partial charge in [-0.25, -0.2) is 0 Å². The molecule has 0 aromatic carbocycles. The molecule has 0 unspecified atom stereocenters. The molecule has 0 amide bonds. The molecule has 0 aromatic heterocycles. The minimum Gasteiger partial charge on any atom is -0.759 e. The van der Waals surface area contributed by atoms with Crippen LogP contribution >= 0.6 is 0 Å². The predicted octanol–water partition coefficient (Wildman–Crippen LogP) is -1.34. The number of hydrogen-bond acceptors (Lipinski definition) is 4. The summed E-state index contributed by atoms with van der Waals surface area (Å²) in [5.74, 6) is 0. The van der Waals surface area contributed by atoms with E-state index in [0.29, 0.717) is 0 Å². The van der Waals surface area contributed by atoms with E-state index in [2.05, 4.69) is 0 Å². The van der Waals surface area contributed by atoms with E-state index in [4.69, 9.17) is 17.5 Å². The van der Waals surface area contributed by atoms with Gasteiger partial charge in [-0.2, -0.15) is 0 Å². The fourth-order valence-corrected chi connectivity index (χ4v) is 0. The zero-order valence-electron chi connectivity index (χ0n) is 2.70. The van der Waals surface area contributed by atoms with Gasteiger partial charge in [0.05, 0.1) is 0 Å². The van der Waals surface area contributed by atoms with E-state index in [1.165, 1.54) is 0 Å². The van der Waals surface area contributed by atoms with Crippen LogP contribution in [-0.4, -0.2) is 17.5 Å². The van der Waals surface area contributed by atoms with Crippen LogP contribution in [0.2, 0.25) is 0 Å². The molecule has 0 N–H and O–H groups in total. The fraction of sp³-hybridized carbons (Fsp3) is 0. The van der Waals surface area contributed by atoms with E-state index in [1.807, 2.05) is 0 Å². The normalized spacial score (nSPS) is 8.29. The molecule has 7 heteroatoms. The second kappa shape index (κ2) is 5.16.